The van der Waals surface area contributed by atoms with Crippen molar-refractivity contribution in [2.24, 2.45) is 11.1 Å². The molecule has 2 heterocycles. The van der Waals surface area contributed by atoms with E-state index in [1.54, 1.807) is 19.4 Å². The number of aromatic nitrogens is 1. The van der Waals surface area contributed by atoms with Gasteiger partial charge < -0.3 is 19.9 Å². The first-order chi connectivity index (χ1) is 19.0. The van der Waals surface area contributed by atoms with E-state index in [9.17, 15) is 4.79 Å². The number of primary amides is 1. The zero-order valence-electron chi connectivity index (χ0n) is 22.2. The minimum atomic E-state index is -0.436. The molecule has 1 spiro atoms. The number of nitrogens with two attached hydrogens (primary N) is 1. The largest absolute Gasteiger partial charge is 0.493 e. The van der Waals surface area contributed by atoms with Gasteiger partial charge in [-0.2, -0.15) is 0 Å². The Morgan fingerprint density at radius 3 is 2.69 bits per heavy atom. The summed E-state index contributed by atoms with van der Waals surface area (Å²) in [5, 5.41) is 2.62. The van der Waals surface area contributed by atoms with Crippen molar-refractivity contribution in [3.63, 3.8) is 0 Å². The number of amides is 1. The van der Waals surface area contributed by atoms with Crippen LogP contribution in [-0.4, -0.2) is 49.1 Å². The molecule has 1 aliphatic carbocycles. The van der Waals surface area contributed by atoms with Gasteiger partial charge in [0.1, 0.15) is 12.4 Å². The highest BCUT2D eigenvalue weighted by molar-refractivity contribution is 6.06. The fraction of sp³-hybridized carbons (Fsp3) is 0.312. The zero-order valence-corrected chi connectivity index (χ0v) is 22.2. The summed E-state index contributed by atoms with van der Waals surface area (Å²) < 4.78 is 18.0. The maximum absolute atomic E-state index is 11.7. The van der Waals surface area contributed by atoms with E-state index in [2.05, 4.69) is 16.5 Å². The van der Waals surface area contributed by atoms with Crippen LogP contribution in [0.3, 0.4) is 0 Å². The van der Waals surface area contributed by atoms with E-state index in [0.717, 1.165) is 53.3 Å². The van der Waals surface area contributed by atoms with Gasteiger partial charge in [-0.1, -0.05) is 36.4 Å². The molecule has 0 radical (unpaired) electrons. The van der Waals surface area contributed by atoms with Gasteiger partial charge in [-0.3, -0.25) is 14.7 Å². The molecule has 1 aromatic heterocycles. The van der Waals surface area contributed by atoms with Crippen molar-refractivity contribution in [1.29, 1.82) is 0 Å². The number of benzene rings is 3. The number of pyridine rings is 1. The van der Waals surface area contributed by atoms with Crippen LogP contribution in [0, 0.1) is 5.41 Å². The molecule has 6 rings (SSSR count). The number of methoxy groups -OCH3 is 1. The van der Waals surface area contributed by atoms with E-state index in [-0.39, 0.29) is 0 Å². The summed E-state index contributed by atoms with van der Waals surface area (Å²) in [6.07, 6.45) is 5.27. The van der Waals surface area contributed by atoms with Gasteiger partial charge in [-0.15, -0.1) is 0 Å². The van der Waals surface area contributed by atoms with E-state index >= 15 is 0 Å². The summed E-state index contributed by atoms with van der Waals surface area (Å²) in [7, 11) is 1.64. The van der Waals surface area contributed by atoms with Crippen LogP contribution in [0.1, 0.15) is 35.2 Å². The van der Waals surface area contributed by atoms with Crippen molar-refractivity contribution in [3.8, 4) is 17.2 Å². The molecule has 0 bridgehead atoms. The molecule has 7 heteroatoms. The van der Waals surface area contributed by atoms with Crippen LogP contribution in [0.25, 0.3) is 21.7 Å². The Bertz CT molecular complexity index is 1580. The highest BCUT2D eigenvalue weighted by Crippen LogP contribution is 2.55. The minimum absolute atomic E-state index is 0.362. The molecule has 7 nitrogen and oxygen atoms in total. The van der Waals surface area contributed by atoms with Crippen molar-refractivity contribution in [3.05, 3.63) is 84.1 Å². The van der Waals surface area contributed by atoms with Crippen LogP contribution in [0.5, 0.6) is 17.2 Å². The van der Waals surface area contributed by atoms with Crippen LogP contribution >= 0.6 is 0 Å². The molecule has 39 heavy (non-hydrogen) atoms. The molecule has 1 saturated carbocycles. The fourth-order valence-corrected chi connectivity index (χ4v) is 5.65. The third-order valence-electron chi connectivity index (χ3n) is 8.01. The predicted octanol–water partition coefficient (Wildman–Crippen LogP) is 5.50. The van der Waals surface area contributed by atoms with Crippen molar-refractivity contribution >= 4 is 27.6 Å². The van der Waals surface area contributed by atoms with Gasteiger partial charge in [0.25, 0.3) is 0 Å². The van der Waals surface area contributed by atoms with Crippen LogP contribution in [-0.2, 0) is 6.61 Å². The van der Waals surface area contributed by atoms with Crippen molar-refractivity contribution in [2.75, 3.05) is 33.4 Å². The highest BCUT2D eigenvalue weighted by Gasteiger charge is 2.50. The maximum atomic E-state index is 11.7. The maximum Gasteiger partial charge on any atom is 0.249 e. The molecule has 3 aromatic carbocycles. The Morgan fingerprint density at radius 2 is 1.92 bits per heavy atom. The molecule has 0 unspecified atom stereocenters. The lowest BCUT2D eigenvalue weighted by molar-refractivity contribution is 0.100. The number of nitrogens with zero attached hydrogens (tertiary/aromatic N) is 2. The number of rotatable bonds is 10. The number of carbonyl (C=O) groups is 1. The molecule has 0 atom stereocenters. The van der Waals surface area contributed by atoms with E-state index in [0.29, 0.717) is 41.4 Å². The second kappa shape index (κ2) is 10.2. The molecule has 200 valence electrons. The molecule has 2 fully saturated rings. The SMILES string of the molecule is C=C1CN(CCCOc2cc3nccc(OCc4ccc5c(C(N)=O)cccc5c4)c3cc2OC)CC12CC2. The van der Waals surface area contributed by atoms with Crippen LogP contribution in [0.2, 0.25) is 0 Å². The molecule has 1 amide bonds. The second-order valence-electron chi connectivity index (χ2n) is 10.6. The Balaban J connectivity index is 1.13. The molecule has 4 aromatic rings. The summed E-state index contributed by atoms with van der Waals surface area (Å²) in [4.78, 5) is 18.8. The molecule has 1 saturated heterocycles. The van der Waals surface area contributed by atoms with Gasteiger partial charge in [-0.05, 0) is 59.9 Å². The topological polar surface area (TPSA) is 86.9 Å². The quantitative estimate of drug-likeness (QED) is 0.218. The molecule has 1 aliphatic heterocycles. The lowest BCUT2D eigenvalue weighted by Gasteiger charge is -2.17. The summed E-state index contributed by atoms with van der Waals surface area (Å²) in [6, 6.07) is 17.1. The van der Waals surface area contributed by atoms with Crippen LogP contribution in [0.4, 0.5) is 0 Å². The standard InChI is InChI=1S/C32H33N3O4/c1-21-18-35(20-32(21)10-11-32)13-4-14-38-30-17-27-26(16-29(30)37-2)28(9-12-34-27)39-19-22-7-8-24-23(15-22)5-3-6-25(24)31(33)36/h3,5-9,12,15-17H,1,4,10-11,13-14,18-20H2,2H3,(H2,33,36). The lowest BCUT2D eigenvalue weighted by atomic mass is 10.0. The smallest absolute Gasteiger partial charge is 0.249 e. The summed E-state index contributed by atoms with van der Waals surface area (Å²) in [6.45, 7) is 8.41. The normalized spacial score (nSPS) is 16.2. The van der Waals surface area contributed by atoms with E-state index in [1.807, 2.05) is 48.5 Å². The van der Waals surface area contributed by atoms with Gasteiger partial charge in [0.05, 0.1) is 19.2 Å². The number of hydrogen-bond donors (Lipinski definition) is 1. The number of ether oxygens (including phenoxy) is 3. The lowest BCUT2D eigenvalue weighted by Crippen LogP contribution is -2.23. The summed E-state index contributed by atoms with van der Waals surface area (Å²) >= 11 is 0. The van der Waals surface area contributed by atoms with Crippen molar-refractivity contribution in [2.45, 2.75) is 25.9 Å². The third-order valence-corrected chi connectivity index (χ3v) is 8.01. The number of fused-ring (bicyclic) bond motifs is 2. The van der Waals surface area contributed by atoms with Gasteiger partial charge in [0, 0.05) is 48.3 Å². The van der Waals surface area contributed by atoms with Crippen molar-refractivity contribution in [1.82, 2.24) is 9.88 Å². The average Bonchev–Trinajstić information content (AvgIpc) is 3.66. The fourth-order valence-electron chi connectivity index (χ4n) is 5.65. The first-order valence-corrected chi connectivity index (χ1v) is 13.4. The van der Waals surface area contributed by atoms with Gasteiger partial charge in [0.15, 0.2) is 11.5 Å². The average molecular weight is 524 g/mol. The highest BCUT2D eigenvalue weighted by atomic mass is 16.5. The first kappa shape index (κ1) is 25.2. The molecule has 2 N–H and O–H groups in total. The molecular formula is C32H33N3O4. The van der Waals surface area contributed by atoms with Crippen molar-refractivity contribution < 1.29 is 19.0 Å². The Labute approximate surface area is 228 Å². The molecular weight excluding hydrogens is 490 g/mol. The van der Waals surface area contributed by atoms with Gasteiger partial charge in [0.2, 0.25) is 5.91 Å². The van der Waals surface area contributed by atoms with E-state index in [1.165, 1.54) is 18.4 Å². The Kier molecular flexibility index (Phi) is 6.61. The number of likely N-dealkylation sites (tertiary alicyclic amines) is 1. The number of carbonyl (C=O) groups excluding carboxylic acids is 1. The zero-order chi connectivity index (χ0) is 27.0. The summed E-state index contributed by atoms with van der Waals surface area (Å²) in [5.41, 5.74) is 9.62. The predicted molar refractivity (Wildman–Crippen MR) is 152 cm³/mol. The molecule has 2 aliphatic rings. The summed E-state index contributed by atoms with van der Waals surface area (Å²) in [5.74, 6) is 1.60. The van der Waals surface area contributed by atoms with Crippen LogP contribution in [0.15, 0.2) is 72.9 Å². The number of hydrogen-bond acceptors (Lipinski definition) is 6. The van der Waals surface area contributed by atoms with Gasteiger partial charge in [-0.25, -0.2) is 0 Å². The minimum Gasteiger partial charge on any atom is -0.493 e. The first-order valence-electron chi connectivity index (χ1n) is 13.4. The van der Waals surface area contributed by atoms with Crippen LogP contribution < -0.4 is 19.9 Å². The van der Waals surface area contributed by atoms with Gasteiger partial charge >= 0.3 is 0 Å². The monoisotopic (exact) mass is 523 g/mol. The third kappa shape index (κ3) is 5.02. The Hall–Kier alpha value is -4.10. The van der Waals surface area contributed by atoms with E-state index < -0.39 is 5.91 Å². The Morgan fingerprint density at radius 1 is 1.05 bits per heavy atom. The van der Waals surface area contributed by atoms with E-state index in [4.69, 9.17) is 19.9 Å². The second-order valence-corrected chi connectivity index (χ2v) is 10.6.